The number of aromatic nitrogens is 2. The summed E-state index contributed by atoms with van der Waals surface area (Å²) in [5, 5.41) is 0.775. The molecule has 0 unspecified atom stereocenters. The van der Waals surface area contributed by atoms with E-state index in [2.05, 4.69) is 14.9 Å². The molecule has 4 nitrogen and oxygen atoms in total. The topological polar surface area (TPSA) is 51.9 Å². The third kappa shape index (κ3) is 2.70. The minimum Gasteiger partial charge on any atom is -0.334 e. The van der Waals surface area contributed by atoms with Crippen molar-refractivity contribution in [2.75, 3.05) is 6.54 Å². The Morgan fingerprint density at radius 2 is 2.10 bits per heavy atom. The van der Waals surface area contributed by atoms with Crippen LogP contribution in [0.5, 0.6) is 0 Å². The number of halogens is 1. The maximum atomic E-state index is 11.8. The summed E-state index contributed by atoms with van der Waals surface area (Å²) in [6.45, 7) is 2.30. The highest BCUT2D eigenvalue weighted by Gasteiger charge is 2.19. The quantitative estimate of drug-likeness (QED) is 0.839. The van der Waals surface area contributed by atoms with Crippen LogP contribution < -0.4 is 5.56 Å². The Morgan fingerprint density at radius 3 is 2.90 bits per heavy atom. The molecule has 0 bridgehead atoms. The zero-order valence-corrected chi connectivity index (χ0v) is 12.4. The van der Waals surface area contributed by atoms with Crippen LogP contribution in [-0.4, -0.2) is 21.4 Å². The molecule has 0 atom stereocenters. The molecule has 2 aromatic rings. The minimum absolute atomic E-state index is 0.0684. The number of H-pyrrole nitrogens is 2. The van der Waals surface area contributed by atoms with E-state index < -0.39 is 0 Å². The van der Waals surface area contributed by atoms with Crippen LogP contribution in [0.15, 0.2) is 29.1 Å². The van der Waals surface area contributed by atoms with Crippen LogP contribution in [-0.2, 0) is 19.5 Å². The van der Waals surface area contributed by atoms with Crippen molar-refractivity contribution in [3.05, 3.63) is 61.2 Å². The normalized spacial score (nSPS) is 15.1. The van der Waals surface area contributed by atoms with Crippen molar-refractivity contribution in [2.45, 2.75) is 19.5 Å². The van der Waals surface area contributed by atoms with Crippen LogP contribution in [0, 0.1) is 4.77 Å². The van der Waals surface area contributed by atoms with Crippen molar-refractivity contribution < 1.29 is 0 Å². The van der Waals surface area contributed by atoms with Gasteiger partial charge in [0.05, 0.1) is 0 Å². The van der Waals surface area contributed by atoms with E-state index in [-0.39, 0.29) is 5.56 Å². The van der Waals surface area contributed by atoms with E-state index in [1.165, 1.54) is 0 Å². The lowest BCUT2D eigenvalue weighted by molar-refractivity contribution is 0.240. The molecule has 0 saturated carbocycles. The van der Waals surface area contributed by atoms with Crippen molar-refractivity contribution in [3.8, 4) is 0 Å². The molecule has 1 aliphatic rings. The highest BCUT2D eigenvalue weighted by Crippen LogP contribution is 2.20. The molecule has 0 radical (unpaired) electrons. The first-order chi connectivity index (χ1) is 9.63. The molecule has 0 amide bonds. The van der Waals surface area contributed by atoms with Gasteiger partial charge in [-0.3, -0.25) is 14.7 Å². The van der Waals surface area contributed by atoms with Crippen molar-refractivity contribution in [1.29, 1.82) is 0 Å². The lowest BCUT2D eigenvalue weighted by atomic mass is 10.1. The molecular weight excluding hydrogens is 294 g/mol. The van der Waals surface area contributed by atoms with Gasteiger partial charge in [0.15, 0.2) is 4.77 Å². The molecule has 0 saturated heterocycles. The SMILES string of the molecule is O=c1[nH]c(=S)[nH]c2c1CCN(Cc1ccccc1Cl)C2. The first kappa shape index (κ1) is 13.5. The van der Waals surface area contributed by atoms with Crippen molar-refractivity contribution in [3.63, 3.8) is 0 Å². The third-order valence-corrected chi connectivity index (χ3v) is 4.11. The number of nitrogens with zero attached hydrogens (tertiary/aromatic N) is 1. The summed E-state index contributed by atoms with van der Waals surface area (Å²) in [6, 6.07) is 7.83. The number of nitrogens with one attached hydrogen (secondary N) is 2. The predicted octanol–water partition coefficient (Wildman–Crippen LogP) is 2.64. The zero-order valence-electron chi connectivity index (χ0n) is 10.8. The number of benzene rings is 1. The number of fused-ring (bicyclic) bond motifs is 1. The van der Waals surface area contributed by atoms with Gasteiger partial charge in [0.2, 0.25) is 0 Å². The maximum Gasteiger partial charge on any atom is 0.255 e. The average molecular weight is 308 g/mol. The van der Waals surface area contributed by atoms with Gasteiger partial charge < -0.3 is 4.98 Å². The van der Waals surface area contributed by atoms with E-state index >= 15 is 0 Å². The Bertz CT molecular complexity index is 753. The first-order valence-corrected chi connectivity index (χ1v) is 7.22. The van der Waals surface area contributed by atoms with E-state index in [0.717, 1.165) is 41.4 Å². The molecule has 1 aromatic heterocycles. The Labute approximate surface area is 126 Å². The van der Waals surface area contributed by atoms with Gasteiger partial charge in [-0.05, 0) is 30.3 Å². The fourth-order valence-corrected chi connectivity index (χ4v) is 2.95. The third-order valence-electron chi connectivity index (χ3n) is 3.54. The average Bonchev–Trinajstić information content (AvgIpc) is 2.41. The van der Waals surface area contributed by atoms with Gasteiger partial charge in [-0.2, -0.15) is 0 Å². The largest absolute Gasteiger partial charge is 0.334 e. The Kier molecular flexibility index (Phi) is 3.74. The Morgan fingerprint density at radius 1 is 1.30 bits per heavy atom. The van der Waals surface area contributed by atoms with Crippen LogP contribution >= 0.6 is 23.8 Å². The second-order valence-corrected chi connectivity index (χ2v) is 5.73. The van der Waals surface area contributed by atoms with Gasteiger partial charge in [-0.1, -0.05) is 29.8 Å². The van der Waals surface area contributed by atoms with E-state index in [9.17, 15) is 4.79 Å². The van der Waals surface area contributed by atoms with Crippen molar-refractivity contribution in [2.24, 2.45) is 0 Å². The van der Waals surface area contributed by atoms with Crippen molar-refractivity contribution >= 4 is 23.8 Å². The van der Waals surface area contributed by atoms with Crippen molar-refractivity contribution in [1.82, 2.24) is 14.9 Å². The number of hydrogen-bond acceptors (Lipinski definition) is 3. The summed E-state index contributed by atoms with van der Waals surface area (Å²) in [5.41, 5.74) is 2.76. The van der Waals surface area contributed by atoms with Gasteiger partial charge in [0.1, 0.15) is 0 Å². The monoisotopic (exact) mass is 307 g/mol. The molecule has 20 heavy (non-hydrogen) atoms. The second-order valence-electron chi connectivity index (χ2n) is 4.92. The first-order valence-electron chi connectivity index (χ1n) is 6.43. The zero-order chi connectivity index (χ0) is 14.1. The highest BCUT2D eigenvalue weighted by atomic mass is 35.5. The molecule has 0 fully saturated rings. The predicted molar refractivity (Wildman–Crippen MR) is 81.5 cm³/mol. The summed E-state index contributed by atoms with van der Waals surface area (Å²) < 4.78 is 0.383. The summed E-state index contributed by atoms with van der Waals surface area (Å²) in [6.07, 6.45) is 0.723. The summed E-state index contributed by atoms with van der Waals surface area (Å²) in [5.74, 6) is 0. The van der Waals surface area contributed by atoms with Crippen LogP contribution in [0.3, 0.4) is 0 Å². The highest BCUT2D eigenvalue weighted by molar-refractivity contribution is 7.71. The van der Waals surface area contributed by atoms with Crippen LogP contribution in [0.25, 0.3) is 0 Å². The summed E-state index contributed by atoms with van der Waals surface area (Å²) in [7, 11) is 0. The van der Waals surface area contributed by atoms with E-state index in [4.69, 9.17) is 23.8 Å². The molecule has 0 aliphatic carbocycles. The smallest absolute Gasteiger partial charge is 0.255 e. The summed E-state index contributed by atoms with van der Waals surface area (Å²) >= 11 is 11.2. The fourth-order valence-electron chi connectivity index (χ4n) is 2.53. The minimum atomic E-state index is -0.0684. The number of hydrogen-bond donors (Lipinski definition) is 2. The number of aromatic amines is 2. The molecule has 6 heteroatoms. The number of rotatable bonds is 2. The van der Waals surface area contributed by atoms with Gasteiger partial charge in [-0.15, -0.1) is 0 Å². The molecule has 3 rings (SSSR count). The van der Waals surface area contributed by atoms with E-state index in [0.29, 0.717) is 11.3 Å². The van der Waals surface area contributed by atoms with E-state index in [1.54, 1.807) is 0 Å². The molecule has 0 spiro atoms. The lowest BCUT2D eigenvalue weighted by Gasteiger charge is -2.28. The molecule has 1 aromatic carbocycles. The van der Waals surface area contributed by atoms with Crippen LogP contribution in [0.4, 0.5) is 0 Å². The Balaban J connectivity index is 1.84. The van der Waals surface area contributed by atoms with E-state index in [1.807, 2.05) is 24.3 Å². The standard InChI is InChI=1S/C14H14ClN3OS/c15-11-4-2-1-3-9(11)7-18-6-5-10-12(8-18)16-14(20)17-13(10)19/h1-4H,5-8H2,(H2,16,17,19,20). The van der Waals surface area contributed by atoms with Gasteiger partial charge >= 0.3 is 0 Å². The van der Waals surface area contributed by atoms with Gasteiger partial charge in [0.25, 0.3) is 5.56 Å². The maximum absolute atomic E-state index is 11.8. The van der Waals surface area contributed by atoms with Gasteiger partial charge in [0, 0.05) is 35.9 Å². The fraction of sp³-hybridized carbons (Fsp3) is 0.286. The van der Waals surface area contributed by atoms with Gasteiger partial charge in [-0.25, -0.2) is 0 Å². The molecule has 1 aliphatic heterocycles. The molecule has 2 heterocycles. The van der Waals surface area contributed by atoms with Crippen LogP contribution in [0.1, 0.15) is 16.8 Å². The molecule has 2 N–H and O–H groups in total. The second kappa shape index (κ2) is 5.52. The molecular formula is C14H14ClN3OS. The summed E-state index contributed by atoms with van der Waals surface area (Å²) in [4.78, 5) is 19.8. The molecule has 104 valence electrons. The Hall–Kier alpha value is -1.43. The lowest BCUT2D eigenvalue weighted by Crippen LogP contribution is -2.34. The van der Waals surface area contributed by atoms with Crippen LogP contribution in [0.2, 0.25) is 5.02 Å².